The van der Waals surface area contributed by atoms with Crippen molar-refractivity contribution >= 4 is 34.9 Å². The van der Waals surface area contributed by atoms with Crippen LogP contribution >= 0.6 is 11.6 Å². The Kier molecular flexibility index (Phi) is 7.57. The standard InChI is InChI=1S/C24H17ClF3NO5/c1-33-16-9-6-14(7-10-16)22(31)17-4-2-3-5-18(17)23(32)34-13-21(30)29-20-12-15(24(26,27)28)8-11-19(20)25/h2-12H,13H2,1H3,(H,29,30). The molecule has 10 heteroatoms. The number of alkyl halides is 3. The van der Waals surface area contributed by atoms with Crippen LogP contribution in [-0.4, -0.2) is 31.4 Å². The summed E-state index contributed by atoms with van der Waals surface area (Å²) in [6, 6.07) is 14.6. The molecule has 3 rings (SSSR count). The van der Waals surface area contributed by atoms with Crippen LogP contribution in [0.2, 0.25) is 5.02 Å². The number of benzene rings is 3. The van der Waals surface area contributed by atoms with E-state index in [0.717, 1.165) is 12.1 Å². The number of ketones is 1. The predicted octanol–water partition coefficient (Wildman–Crippen LogP) is 5.39. The highest BCUT2D eigenvalue weighted by Crippen LogP contribution is 2.33. The van der Waals surface area contributed by atoms with Crippen LogP contribution < -0.4 is 10.1 Å². The number of carbonyl (C=O) groups excluding carboxylic acids is 3. The first-order valence-corrected chi connectivity index (χ1v) is 10.1. The Labute approximate surface area is 197 Å². The molecule has 1 amide bonds. The van der Waals surface area contributed by atoms with Crippen molar-refractivity contribution < 1.29 is 37.0 Å². The molecule has 0 saturated carbocycles. The molecule has 0 heterocycles. The number of halogens is 4. The lowest BCUT2D eigenvalue weighted by molar-refractivity contribution is -0.137. The van der Waals surface area contributed by atoms with Gasteiger partial charge in [0.25, 0.3) is 5.91 Å². The summed E-state index contributed by atoms with van der Waals surface area (Å²) in [6.07, 6.45) is -4.63. The zero-order chi connectivity index (χ0) is 24.9. The fraction of sp³-hybridized carbons (Fsp3) is 0.125. The molecule has 1 N–H and O–H groups in total. The lowest BCUT2D eigenvalue weighted by Crippen LogP contribution is -2.22. The third-order valence-electron chi connectivity index (χ3n) is 4.65. The molecular formula is C24H17ClF3NO5. The monoisotopic (exact) mass is 491 g/mol. The Morgan fingerprint density at radius 3 is 2.21 bits per heavy atom. The molecule has 3 aromatic carbocycles. The molecule has 0 unspecified atom stereocenters. The topological polar surface area (TPSA) is 81.7 Å². The maximum absolute atomic E-state index is 12.9. The Balaban J connectivity index is 1.70. The fourth-order valence-corrected chi connectivity index (χ4v) is 3.11. The van der Waals surface area contributed by atoms with Gasteiger partial charge < -0.3 is 14.8 Å². The predicted molar refractivity (Wildman–Crippen MR) is 118 cm³/mol. The molecule has 176 valence electrons. The van der Waals surface area contributed by atoms with Crippen molar-refractivity contribution in [3.8, 4) is 5.75 Å². The fourth-order valence-electron chi connectivity index (χ4n) is 2.95. The second-order valence-corrected chi connectivity index (χ2v) is 7.33. The number of hydrogen-bond donors (Lipinski definition) is 1. The Bertz CT molecular complexity index is 1230. The van der Waals surface area contributed by atoms with Gasteiger partial charge in [0.2, 0.25) is 0 Å². The van der Waals surface area contributed by atoms with E-state index in [-0.39, 0.29) is 21.8 Å². The van der Waals surface area contributed by atoms with Gasteiger partial charge in [0.05, 0.1) is 28.9 Å². The van der Waals surface area contributed by atoms with Gasteiger partial charge in [0.1, 0.15) is 5.75 Å². The molecule has 0 aliphatic heterocycles. The van der Waals surface area contributed by atoms with Crippen LogP contribution in [0.4, 0.5) is 18.9 Å². The smallest absolute Gasteiger partial charge is 0.416 e. The Hall–Kier alpha value is -3.85. The van der Waals surface area contributed by atoms with E-state index in [1.807, 2.05) is 0 Å². The number of methoxy groups -OCH3 is 1. The highest BCUT2D eigenvalue weighted by molar-refractivity contribution is 6.33. The number of esters is 1. The highest BCUT2D eigenvalue weighted by Gasteiger charge is 2.31. The minimum Gasteiger partial charge on any atom is -0.497 e. The molecular weight excluding hydrogens is 475 g/mol. The van der Waals surface area contributed by atoms with E-state index >= 15 is 0 Å². The number of anilines is 1. The first-order chi connectivity index (χ1) is 16.1. The molecule has 0 atom stereocenters. The average Bonchev–Trinajstić information content (AvgIpc) is 2.82. The largest absolute Gasteiger partial charge is 0.497 e. The molecule has 0 aromatic heterocycles. The maximum atomic E-state index is 12.9. The zero-order valence-corrected chi connectivity index (χ0v) is 18.4. The Morgan fingerprint density at radius 2 is 1.59 bits per heavy atom. The number of hydrogen-bond acceptors (Lipinski definition) is 5. The molecule has 0 aliphatic carbocycles. The van der Waals surface area contributed by atoms with Crippen molar-refractivity contribution in [1.29, 1.82) is 0 Å². The van der Waals surface area contributed by atoms with Crippen molar-refractivity contribution in [3.63, 3.8) is 0 Å². The first-order valence-electron chi connectivity index (χ1n) is 9.71. The number of amides is 1. The van der Waals surface area contributed by atoms with Crippen LogP contribution in [0.1, 0.15) is 31.8 Å². The second kappa shape index (κ2) is 10.4. The van der Waals surface area contributed by atoms with Crippen molar-refractivity contribution in [2.24, 2.45) is 0 Å². The summed E-state index contributed by atoms with van der Waals surface area (Å²) in [5.74, 6) is -1.76. The molecule has 3 aromatic rings. The maximum Gasteiger partial charge on any atom is 0.416 e. The summed E-state index contributed by atoms with van der Waals surface area (Å²) < 4.78 is 48.7. The van der Waals surface area contributed by atoms with Gasteiger partial charge in [-0.05, 0) is 48.5 Å². The van der Waals surface area contributed by atoms with Gasteiger partial charge in [0, 0.05) is 11.1 Å². The van der Waals surface area contributed by atoms with E-state index < -0.39 is 36.0 Å². The first kappa shape index (κ1) is 24.8. The van der Waals surface area contributed by atoms with Gasteiger partial charge in [-0.3, -0.25) is 9.59 Å². The minimum atomic E-state index is -4.63. The molecule has 0 aliphatic rings. The van der Waals surface area contributed by atoms with Gasteiger partial charge in [-0.25, -0.2) is 4.79 Å². The molecule has 0 saturated heterocycles. The van der Waals surface area contributed by atoms with E-state index in [4.69, 9.17) is 21.1 Å². The number of rotatable bonds is 7. The van der Waals surface area contributed by atoms with Crippen LogP contribution in [0.15, 0.2) is 66.7 Å². The van der Waals surface area contributed by atoms with Gasteiger partial charge >= 0.3 is 12.1 Å². The van der Waals surface area contributed by atoms with E-state index in [0.29, 0.717) is 17.4 Å². The summed E-state index contributed by atoms with van der Waals surface area (Å²) in [4.78, 5) is 37.6. The van der Waals surface area contributed by atoms with E-state index in [9.17, 15) is 27.6 Å². The molecule has 6 nitrogen and oxygen atoms in total. The summed E-state index contributed by atoms with van der Waals surface area (Å²) in [5, 5.41) is 2.05. The van der Waals surface area contributed by atoms with Crippen molar-refractivity contribution in [3.05, 3.63) is 94.0 Å². The van der Waals surface area contributed by atoms with Crippen molar-refractivity contribution in [2.75, 3.05) is 19.0 Å². The molecule has 0 bridgehead atoms. The van der Waals surface area contributed by atoms with E-state index in [1.54, 1.807) is 18.2 Å². The van der Waals surface area contributed by atoms with Crippen LogP contribution in [0.3, 0.4) is 0 Å². The van der Waals surface area contributed by atoms with Crippen LogP contribution in [0.5, 0.6) is 5.75 Å². The Morgan fingerprint density at radius 1 is 0.941 bits per heavy atom. The third-order valence-corrected chi connectivity index (χ3v) is 4.98. The second-order valence-electron chi connectivity index (χ2n) is 6.92. The summed E-state index contributed by atoms with van der Waals surface area (Å²) in [6.45, 7) is -0.809. The summed E-state index contributed by atoms with van der Waals surface area (Å²) in [7, 11) is 1.49. The SMILES string of the molecule is COc1ccc(C(=O)c2ccccc2C(=O)OCC(=O)Nc2cc(C(F)(F)F)ccc2Cl)cc1. The van der Waals surface area contributed by atoms with Crippen LogP contribution in [0.25, 0.3) is 0 Å². The highest BCUT2D eigenvalue weighted by atomic mass is 35.5. The van der Waals surface area contributed by atoms with Crippen molar-refractivity contribution in [1.82, 2.24) is 0 Å². The average molecular weight is 492 g/mol. The minimum absolute atomic E-state index is 0.0546. The zero-order valence-electron chi connectivity index (χ0n) is 17.6. The molecule has 34 heavy (non-hydrogen) atoms. The van der Waals surface area contributed by atoms with Crippen LogP contribution in [0, 0.1) is 0 Å². The van der Waals surface area contributed by atoms with Gasteiger partial charge in [-0.1, -0.05) is 29.8 Å². The molecule has 0 spiro atoms. The van der Waals surface area contributed by atoms with Gasteiger partial charge in [0.15, 0.2) is 12.4 Å². The lowest BCUT2D eigenvalue weighted by Gasteiger charge is -2.12. The third kappa shape index (κ3) is 5.93. The normalized spacial score (nSPS) is 11.0. The van der Waals surface area contributed by atoms with Crippen LogP contribution in [-0.2, 0) is 15.7 Å². The summed E-state index contributed by atoms with van der Waals surface area (Å²) >= 11 is 5.85. The lowest BCUT2D eigenvalue weighted by atomic mass is 9.98. The van der Waals surface area contributed by atoms with Crippen molar-refractivity contribution in [2.45, 2.75) is 6.18 Å². The number of carbonyl (C=O) groups is 3. The van der Waals surface area contributed by atoms with E-state index in [2.05, 4.69) is 5.32 Å². The molecule has 0 radical (unpaired) electrons. The van der Waals surface area contributed by atoms with E-state index in [1.165, 1.54) is 37.4 Å². The van der Waals surface area contributed by atoms with Gasteiger partial charge in [-0.2, -0.15) is 13.2 Å². The molecule has 0 fully saturated rings. The number of nitrogens with one attached hydrogen (secondary N) is 1. The van der Waals surface area contributed by atoms with Gasteiger partial charge in [-0.15, -0.1) is 0 Å². The summed E-state index contributed by atoms with van der Waals surface area (Å²) in [5.41, 5.74) is -1.01. The number of ether oxygens (including phenoxy) is 2. The quantitative estimate of drug-likeness (QED) is 0.354.